The van der Waals surface area contributed by atoms with Gasteiger partial charge in [0.15, 0.2) is 0 Å². The lowest BCUT2D eigenvalue weighted by Gasteiger charge is -2.20. The van der Waals surface area contributed by atoms with Crippen LogP contribution in [0.5, 0.6) is 0 Å². The summed E-state index contributed by atoms with van der Waals surface area (Å²) in [5.74, 6) is -1.53. The van der Waals surface area contributed by atoms with E-state index in [1.807, 2.05) is 24.3 Å². The lowest BCUT2D eigenvalue weighted by Crippen LogP contribution is -2.35. The first-order chi connectivity index (χ1) is 14.8. The van der Waals surface area contributed by atoms with E-state index in [1.165, 1.54) is 28.5 Å². The van der Waals surface area contributed by atoms with Crippen molar-refractivity contribution in [3.05, 3.63) is 95.6 Å². The molecule has 0 spiro atoms. The van der Waals surface area contributed by atoms with Crippen LogP contribution in [0.15, 0.2) is 72.8 Å². The Morgan fingerprint density at radius 1 is 1.03 bits per heavy atom. The fourth-order valence-electron chi connectivity index (χ4n) is 3.54. The SMILES string of the molecule is C[C@@H](NC/C=C/C(C)(C)C(=O)NCc1cc(F)cc(F)c1)c1cccc2ccccc12. The molecule has 0 bridgehead atoms. The Morgan fingerprint density at radius 2 is 1.71 bits per heavy atom. The standard InChI is InChI=1S/C26H28F2N2O/c1-18(23-11-6-9-20-8-4-5-10-24(20)23)29-13-7-12-26(2,3)25(31)30-17-19-14-21(27)16-22(28)15-19/h4-12,14-16,18,29H,13,17H2,1-3H3,(H,30,31)/b12-7+/t18-/m1/s1. The first-order valence-electron chi connectivity index (χ1n) is 10.4. The number of hydrogen-bond donors (Lipinski definition) is 2. The number of carbonyl (C=O) groups is 1. The maximum absolute atomic E-state index is 13.3. The van der Waals surface area contributed by atoms with Crippen molar-refractivity contribution in [1.29, 1.82) is 0 Å². The van der Waals surface area contributed by atoms with Crippen molar-refractivity contribution in [3.63, 3.8) is 0 Å². The van der Waals surface area contributed by atoms with Crippen LogP contribution in [-0.4, -0.2) is 12.5 Å². The van der Waals surface area contributed by atoms with E-state index in [9.17, 15) is 13.6 Å². The van der Waals surface area contributed by atoms with Gasteiger partial charge in [0.1, 0.15) is 11.6 Å². The van der Waals surface area contributed by atoms with Crippen molar-refractivity contribution in [2.24, 2.45) is 5.41 Å². The molecule has 0 aliphatic rings. The molecule has 3 aromatic rings. The third kappa shape index (κ3) is 5.98. The number of nitrogens with one attached hydrogen (secondary N) is 2. The van der Waals surface area contributed by atoms with Crippen molar-refractivity contribution >= 4 is 16.7 Å². The van der Waals surface area contributed by atoms with Gasteiger partial charge in [0.05, 0.1) is 5.41 Å². The summed E-state index contributed by atoms with van der Waals surface area (Å²) in [6, 6.07) is 18.0. The molecule has 0 aromatic heterocycles. The highest BCUT2D eigenvalue weighted by molar-refractivity contribution is 5.86. The molecule has 0 aliphatic heterocycles. The molecule has 2 N–H and O–H groups in total. The molecule has 3 nitrogen and oxygen atoms in total. The Hall–Kier alpha value is -3.05. The second kappa shape index (κ2) is 9.84. The minimum absolute atomic E-state index is 0.0706. The summed E-state index contributed by atoms with van der Waals surface area (Å²) in [5, 5.41) is 8.65. The van der Waals surface area contributed by atoms with E-state index in [-0.39, 0.29) is 18.5 Å². The van der Waals surface area contributed by atoms with Crippen LogP contribution >= 0.6 is 0 Å². The largest absolute Gasteiger partial charge is 0.351 e. The first-order valence-corrected chi connectivity index (χ1v) is 10.4. The number of hydrogen-bond acceptors (Lipinski definition) is 2. The molecule has 5 heteroatoms. The van der Waals surface area contributed by atoms with Crippen molar-refractivity contribution in [1.82, 2.24) is 10.6 Å². The van der Waals surface area contributed by atoms with Gasteiger partial charge < -0.3 is 10.6 Å². The molecule has 1 atom stereocenters. The molecule has 0 unspecified atom stereocenters. The van der Waals surface area contributed by atoms with Crippen LogP contribution in [0.1, 0.15) is 37.9 Å². The molecule has 162 valence electrons. The summed E-state index contributed by atoms with van der Waals surface area (Å²) in [4.78, 5) is 12.5. The molecule has 0 radical (unpaired) electrons. The molecule has 31 heavy (non-hydrogen) atoms. The molecular weight excluding hydrogens is 394 g/mol. The zero-order chi connectivity index (χ0) is 22.4. The average Bonchev–Trinajstić information content (AvgIpc) is 2.73. The van der Waals surface area contributed by atoms with E-state index >= 15 is 0 Å². The van der Waals surface area contributed by atoms with E-state index in [4.69, 9.17) is 0 Å². The minimum atomic E-state index is -0.754. The Bertz CT molecular complexity index is 1070. The fourth-order valence-corrected chi connectivity index (χ4v) is 3.54. The Morgan fingerprint density at radius 3 is 2.45 bits per heavy atom. The van der Waals surface area contributed by atoms with Crippen LogP contribution < -0.4 is 10.6 Å². The number of carbonyl (C=O) groups excluding carboxylic acids is 1. The number of fused-ring (bicyclic) bond motifs is 1. The second-order valence-electron chi connectivity index (χ2n) is 8.28. The van der Waals surface area contributed by atoms with Crippen LogP contribution in [0, 0.1) is 17.0 Å². The van der Waals surface area contributed by atoms with Crippen LogP contribution in [-0.2, 0) is 11.3 Å². The Labute approximate surface area is 182 Å². The topological polar surface area (TPSA) is 41.1 Å². The van der Waals surface area contributed by atoms with Gasteiger partial charge in [-0.25, -0.2) is 8.78 Å². The highest BCUT2D eigenvalue weighted by Gasteiger charge is 2.24. The van der Waals surface area contributed by atoms with E-state index in [0.717, 1.165) is 6.07 Å². The monoisotopic (exact) mass is 422 g/mol. The molecular formula is C26H28F2N2O. The number of benzene rings is 3. The lowest BCUT2D eigenvalue weighted by atomic mass is 9.91. The van der Waals surface area contributed by atoms with Gasteiger partial charge in [-0.3, -0.25) is 4.79 Å². The van der Waals surface area contributed by atoms with Crippen LogP contribution in [0.3, 0.4) is 0 Å². The van der Waals surface area contributed by atoms with Crippen molar-refractivity contribution in [3.8, 4) is 0 Å². The van der Waals surface area contributed by atoms with Crippen LogP contribution in [0.2, 0.25) is 0 Å². The fraction of sp³-hybridized carbons (Fsp3) is 0.269. The average molecular weight is 423 g/mol. The number of halogens is 2. The van der Waals surface area contributed by atoms with Crippen molar-refractivity contribution in [2.45, 2.75) is 33.4 Å². The lowest BCUT2D eigenvalue weighted by molar-refractivity contribution is -0.127. The molecule has 1 amide bonds. The minimum Gasteiger partial charge on any atom is -0.351 e. The van der Waals surface area contributed by atoms with Gasteiger partial charge in [0, 0.05) is 25.2 Å². The highest BCUT2D eigenvalue weighted by atomic mass is 19.1. The normalized spacial score (nSPS) is 12.9. The van der Waals surface area contributed by atoms with Gasteiger partial charge in [-0.2, -0.15) is 0 Å². The van der Waals surface area contributed by atoms with Gasteiger partial charge in [-0.05, 0) is 54.8 Å². The van der Waals surface area contributed by atoms with Gasteiger partial charge in [-0.15, -0.1) is 0 Å². The summed E-state index contributed by atoms with van der Waals surface area (Å²) < 4.78 is 26.6. The van der Waals surface area contributed by atoms with Crippen LogP contribution in [0.25, 0.3) is 10.8 Å². The summed E-state index contributed by atoms with van der Waals surface area (Å²) in [5.41, 5.74) is 0.859. The third-order valence-corrected chi connectivity index (χ3v) is 5.33. The number of amides is 1. The second-order valence-corrected chi connectivity index (χ2v) is 8.28. The molecule has 3 aromatic carbocycles. The van der Waals surface area contributed by atoms with Gasteiger partial charge >= 0.3 is 0 Å². The maximum Gasteiger partial charge on any atom is 0.229 e. The molecule has 3 rings (SSSR count). The van der Waals surface area contributed by atoms with Gasteiger partial charge in [0.25, 0.3) is 0 Å². The molecule has 0 saturated carbocycles. The zero-order valence-electron chi connectivity index (χ0n) is 18.1. The summed E-state index contributed by atoms with van der Waals surface area (Å²) in [7, 11) is 0. The molecule has 0 saturated heterocycles. The van der Waals surface area contributed by atoms with Crippen molar-refractivity contribution < 1.29 is 13.6 Å². The number of rotatable bonds is 8. The van der Waals surface area contributed by atoms with E-state index in [1.54, 1.807) is 13.8 Å². The van der Waals surface area contributed by atoms with E-state index in [2.05, 4.69) is 47.9 Å². The van der Waals surface area contributed by atoms with Crippen LogP contribution in [0.4, 0.5) is 8.78 Å². The molecule has 0 heterocycles. The predicted octanol–water partition coefficient (Wildman–Crippen LogP) is 5.67. The van der Waals surface area contributed by atoms with E-state index in [0.29, 0.717) is 12.1 Å². The Balaban J connectivity index is 1.54. The Kier molecular flexibility index (Phi) is 7.18. The smallest absolute Gasteiger partial charge is 0.229 e. The van der Waals surface area contributed by atoms with Gasteiger partial charge in [0.2, 0.25) is 5.91 Å². The van der Waals surface area contributed by atoms with Gasteiger partial charge in [-0.1, -0.05) is 54.6 Å². The van der Waals surface area contributed by atoms with Crippen molar-refractivity contribution in [2.75, 3.05) is 6.54 Å². The zero-order valence-corrected chi connectivity index (χ0v) is 18.1. The maximum atomic E-state index is 13.3. The summed E-state index contributed by atoms with van der Waals surface area (Å²) in [6.45, 7) is 6.40. The molecule has 0 fully saturated rings. The molecule has 0 aliphatic carbocycles. The quantitative estimate of drug-likeness (QED) is 0.460. The summed E-state index contributed by atoms with van der Waals surface area (Å²) >= 11 is 0. The third-order valence-electron chi connectivity index (χ3n) is 5.33. The summed E-state index contributed by atoms with van der Waals surface area (Å²) in [6.07, 6.45) is 3.78. The highest BCUT2D eigenvalue weighted by Crippen LogP contribution is 2.24. The predicted molar refractivity (Wildman–Crippen MR) is 121 cm³/mol. The first kappa shape index (κ1) is 22.6. The van der Waals surface area contributed by atoms with E-state index < -0.39 is 17.0 Å².